The van der Waals surface area contributed by atoms with Crippen molar-refractivity contribution in [2.24, 2.45) is 5.41 Å². The number of amides is 1. The molecule has 2 atom stereocenters. The molecule has 6 nitrogen and oxygen atoms in total. The summed E-state index contributed by atoms with van der Waals surface area (Å²) in [6.07, 6.45) is 0.451. The van der Waals surface area contributed by atoms with Gasteiger partial charge in [-0.15, -0.1) is 0 Å². The average molecular weight is 394 g/mol. The lowest BCUT2D eigenvalue weighted by molar-refractivity contribution is -0.151. The third-order valence-corrected chi connectivity index (χ3v) is 5.94. The van der Waals surface area contributed by atoms with E-state index in [1.807, 2.05) is 54.6 Å². The van der Waals surface area contributed by atoms with Crippen LogP contribution in [-0.2, 0) is 27.5 Å². The summed E-state index contributed by atoms with van der Waals surface area (Å²) in [6.45, 7) is 2.69. The first-order chi connectivity index (χ1) is 14.1. The van der Waals surface area contributed by atoms with Gasteiger partial charge in [0.1, 0.15) is 0 Å². The van der Waals surface area contributed by atoms with Gasteiger partial charge in [-0.2, -0.15) is 0 Å². The maximum Gasteiger partial charge on any atom is 0.311 e. The Morgan fingerprint density at radius 2 is 1.90 bits per heavy atom. The molecular weight excluding hydrogens is 368 g/mol. The van der Waals surface area contributed by atoms with Crippen molar-refractivity contribution in [1.82, 2.24) is 10.2 Å². The summed E-state index contributed by atoms with van der Waals surface area (Å²) in [6, 6.07) is 17.6. The molecule has 0 aromatic heterocycles. The Morgan fingerprint density at radius 1 is 1.14 bits per heavy atom. The fourth-order valence-electron chi connectivity index (χ4n) is 4.38. The van der Waals surface area contributed by atoms with Crippen LogP contribution >= 0.6 is 0 Å². The van der Waals surface area contributed by atoms with E-state index in [1.165, 1.54) is 0 Å². The van der Waals surface area contributed by atoms with Crippen LogP contribution < -0.4 is 5.32 Å². The zero-order valence-corrected chi connectivity index (χ0v) is 16.3. The highest BCUT2D eigenvalue weighted by atomic mass is 16.5. The average Bonchev–Trinajstić information content (AvgIpc) is 3.13. The van der Waals surface area contributed by atoms with Crippen molar-refractivity contribution in [2.75, 3.05) is 19.7 Å². The van der Waals surface area contributed by atoms with E-state index in [0.29, 0.717) is 39.3 Å². The van der Waals surface area contributed by atoms with Crippen LogP contribution in [0.4, 0.5) is 0 Å². The van der Waals surface area contributed by atoms with Gasteiger partial charge in [0, 0.05) is 19.5 Å². The van der Waals surface area contributed by atoms with Gasteiger partial charge in [0.2, 0.25) is 5.91 Å². The predicted molar refractivity (Wildman–Crippen MR) is 108 cm³/mol. The van der Waals surface area contributed by atoms with E-state index in [1.54, 1.807) is 0 Å². The van der Waals surface area contributed by atoms with Gasteiger partial charge >= 0.3 is 5.97 Å². The molecule has 0 saturated carbocycles. The number of carbonyl (C=O) groups excluding carboxylic acids is 1. The summed E-state index contributed by atoms with van der Waals surface area (Å²) >= 11 is 0. The van der Waals surface area contributed by atoms with Gasteiger partial charge in [-0.25, -0.2) is 0 Å². The number of rotatable bonds is 6. The second-order valence-corrected chi connectivity index (χ2v) is 8.04. The second-order valence-electron chi connectivity index (χ2n) is 8.04. The van der Waals surface area contributed by atoms with Gasteiger partial charge < -0.3 is 15.2 Å². The minimum atomic E-state index is -1.05. The predicted octanol–water partition coefficient (Wildman–Crippen LogP) is 2.74. The maximum absolute atomic E-state index is 12.8. The number of carbonyl (C=O) groups is 2. The van der Waals surface area contributed by atoms with Gasteiger partial charge in [-0.1, -0.05) is 54.6 Å². The molecule has 152 valence electrons. The molecule has 0 aliphatic carbocycles. The maximum atomic E-state index is 12.8. The normalized spacial score (nSPS) is 24.1. The molecule has 0 radical (unpaired) electrons. The first-order valence-electron chi connectivity index (χ1n) is 10.0. The number of benzene rings is 2. The first-order valence-corrected chi connectivity index (χ1v) is 10.0. The van der Waals surface area contributed by atoms with E-state index in [-0.39, 0.29) is 18.4 Å². The Balaban J connectivity index is 1.41. The lowest BCUT2D eigenvalue weighted by Crippen LogP contribution is -2.42. The first kappa shape index (κ1) is 19.6. The minimum absolute atomic E-state index is 0.0215. The molecule has 1 fully saturated rings. The van der Waals surface area contributed by atoms with Crippen molar-refractivity contribution >= 4 is 11.9 Å². The summed E-state index contributed by atoms with van der Waals surface area (Å²) in [5.41, 5.74) is 2.21. The topological polar surface area (TPSA) is 78.9 Å². The fourth-order valence-corrected chi connectivity index (χ4v) is 4.38. The third-order valence-electron chi connectivity index (χ3n) is 5.94. The van der Waals surface area contributed by atoms with Crippen molar-refractivity contribution in [3.05, 3.63) is 71.3 Å². The zero-order valence-electron chi connectivity index (χ0n) is 16.3. The van der Waals surface area contributed by atoms with Crippen LogP contribution in [0, 0.1) is 5.41 Å². The second kappa shape index (κ2) is 8.35. The third kappa shape index (κ3) is 4.33. The monoisotopic (exact) mass is 394 g/mol. The Labute approximate surface area is 170 Å². The highest BCUT2D eigenvalue weighted by Gasteiger charge is 2.46. The number of likely N-dealkylation sites (tertiary alicyclic amines) is 1. The molecule has 2 aromatic carbocycles. The molecule has 2 heterocycles. The van der Waals surface area contributed by atoms with Gasteiger partial charge in [0.25, 0.3) is 0 Å². The van der Waals surface area contributed by atoms with Crippen LogP contribution in [0.2, 0.25) is 0 Å². The molecule has 1 amide bonds. The highest BCUT2D eigenvalue weighted by Crippen LogP contribution is 2.36. The van der Waals surface area contributed by atoms with Crippen LogP contribution in [0.25, 0.3) is 0 Å². The Bertz CT molecular complexity index is 885. The van der Waals surface area contributed by atoms with Crippen molar-refractivity contribution in [2.45, 2.75) is 32.0 Å². The molecule has 0 bridgehead atoms. The quantitative estimate of drug-likeness (QED) is 0.788. The summed E-state index contributed by atoms with van der Waals surface area (Å²) in [7, 11) is 0. The number of carboxylic acids is 1. The van der Waals surface area contributed by atoms with Gasteiger partial charge in [0.15, 0.2) is 0 Å². The van der Waals surface area contributed by atoms with E-state index in [2.05, 4.69) is 10.2 Å². The largest absolute Gasteiger partial charge is 0.481 e. The molecule has 2 N–H and O–H groups in total. The number of nitrogens with one attached hydrogen (secondary N) is 1. The number of aliphatic carboxylic acids is 1. The molecule has 2 aromatic rings. The molecule has 2 aliphatic rings. The Hall–Kier alpha value is -2.70. The van der Waals surface area contributed by atoms with Gasteiger partial charge in [-0.3, -0.25) is 14.5 Å². The van der Waals surface area contributed by atoms with Gasteiger partial charge in [0.05, 0.1) is 24.7 Å². The lowest BCUT2D eigenvalue weighted by atomic mass is 9.83. The lowest BCUT2D eigenvalue weighted by Gasteiger charge is -2.29. The molecule has 1 saturated heterocycles. The number of nitrogens with zero attached hydrogens (tertiary/aromatic N) is 1. The summed E-state index contributed by atoms with van der Waals surface area (Å²) in [5.74, 6) is -1.14. The standard InChI is InChI=1S/C23H26N2O4/c26-21(24-20-15-29-14-18-8-4-5-9-19(18)20)12-23(22(27)28)10-11-25(16-23)13-17-6-2-1-3-7-17/h1-9,20H,10-16H2,(H,24,26)(H,27,28). The van der Waals surface area contributed by atoms with Gasteiger partial charge in [-0.05, 0) is 29.7 Å². The molecule has 2 aliphatic heterocycles. The summed E-state index contributed by atoms with van der Waals surface area (Å²) in [4.78, 5) is 27.0. The van der Waals surface area contributed by atoms with Crippen molar-refractivity contribution in [1.29, 1.82) is 0 Å². The molecule has 4 rings (SSSR count). The molecule has 0 spiro atoms. The van der Waals surface area contributed by atoms with Crippen LogP contribution in [0.3, 0.4) is 0 Å². The highest BCUT2D eigenvalue weighted by molar-refractivity contribution is 5.85. The van der Waals surface area contributed by atoms with Crippen molar-refractivity contribution in [3.63, 3.8) is 0 Å². The molecule has 6 heteroatoms. The molecule has 2 unspecified atom stereocenters. The zero-order chi connectivity index (χ0) is 20.3. The van der Waals surface area contributed by atoms with Crippen molar-refractivity contribution in [3.8, 4) is 0 Å². The van der Waals surface area contributed by atoms with E-state index in [0.717, 1.165) is 16.7 Å². The fraction of sp³-hybridized carbons (Fsp3) is 0.391. The Morgan fingerprint density at radius 3 is 2.69 bits per heavy atom. The summed E-state index contributed by atoms with van der Waals surface area (Å²) < 4.78 is 5.60. The van der Waals surface area contributed by atoms with Crippen LogP contribution in [0.1, 0.15) is 35.6 Å². The van der Waals surface area contributed by atoms with Crippen LogP contribution in [0.5, 0.6) is 0 Å². The number of fused-ring (bicyclic) bond motifs is 1. The van der Waals surface area contributed by atoms with Crippen LogP contribution in [0.15, 0.2) is 54.6 Å². The Kier molecular flexibility index (Phi) is 5.65. The van der Waals surface area contributed by atoms with Crippen LogP contribution in [-0.4, -0.2) is 41.6 Å². The molecular formula is C23H26N2O4. The summed E-state index contributed by atoms with van der Waals surface area (Å²) in [5, 5.41) is 12.9. The van der Waals surface area contributed by atoms with E-state index in [4.69, 9.17) is 4.74 Å². The number of ether oxygens (including phenoxy) is 1. The minimum Gasteiger partial charge on any atom is -0.481 e. The smallest absolute Gasteiger partial charge is 0.311 e. The number of carboxylic acid groups (broad SMARTS) is 1. The number of hydrogen-bond donors (Lipinski definition) is 2. The number of hydrogen-bond acceptors (Lipinski definition) is 4. The van der Waals surface area contributed by atoms with Crippen molar-refractivity contribution < 1.29 is 19.4 Å². The van der Waals surface area contributed by atoms with E-state index in [9.17, 15) is 14.7 Å². The van der Waals surface area contributed by atoms with E-state index >= 15 is 0 Å². The van der Waals surface area contributed by atoms with E-state index < -0.39 is 11.4 Å². The molecule has 29 heavy (non-hydrogen) atoms. The SMILES string of the molecule is O=C(CC1(C(=O)O)CCN(Cc2ccccc2)C1)NC1COCc2ccccc21.